The molecule has 1 N–H and O–H groups in total. The number of benzene rings is 1. The molecule has 2 aliphatic heterocycles. The Labute approximate surface area is 119 Å². The van der Waals surface area contributed by atoms with E-state index in [4.69, 9.17) is 5.26 Å². The lowest BCUT2D eigenvalue weighted by molar-refractivity contribution is -0.136. The van der Waals surface area contributed by atoms with Crippen molar-refractivity contribution in [2.45, 2.75) is 25.4 Å². The summed E-state index contributed by atoms with van der Waals surface area (Å²) in [4.78, 5) is 36.6. The van der Waals surface area contributed by atoms with Gasteiger partial charge in [-0.15, -0.1) is 0 Å². The van der Waals surface area contributed by atoms with E-state index in [1.165, 1.54) is 4.90 Å². The van der Waals surface area contributed by atoms with Crippen LogP contribution < -0.4 is 5.32 Å². The van der Waals surface area contributed by atoms with Gasteiger partial charge >= 0.3 is 0 Å². The SMILES string of the molecule is N#Cc1cc(F)cc2c1CN(C1CCC(=O)NC1=O)C2=O. The molecule has 106 valence electrons. The van der Waals surface area contributed by atoms with Gasteiger partial charge in [0.05, 0.1) is 11.6 Å². The van der Waals surface area contributed by atoms with Gasteiger partial charge < -0.3 is 4.90 Å². The first-order valence-corrected chi connectivity index (χ1v) is 6.38. The smallest absolute Gasteiger partial charge is 0.255 e. The second-order valence-corrected chi connectivity index (χ2v) is 4.99. The molecule has 0 saturated carbocycles. The molecular formula is C14H10FN3O3. The summed E-state index contributed by atoms with van der Waals surface area (Å²) in [6.45, 7) is 0.0730. The van der Waals surface area contributed by atoms with Gasteiger partial charge in [-0.1, -0.05) is 0 Å². The summed E-state index contributed by atoms with van der Waals surface area (Å²) in [6.07, 6.45) is 0.380. The highest BCUT2D eigenvalue weighted by molar-refractivity contribution is 6.05. The number of amides is 3. The Hall–Kier alpha value is -2.75. The minimum atomic E-state index is -0.766. The van der Waals surface area contributed by atoms with Crippen molar-refractivity contribution in [2.75, 3.05) is 0 Å². The molecule has 1 fully saturated rings. The van der Waals surface area contributed by atoms with Crippen LogP contribution in [0.15, 0.2) is 12.1 Å². The first-order chi connectivity index (χ1) is 10.0. The fourth-order valence-electron chi connectivity index (χ4n) is 2.73. The summed E-state index contributed by atoms with van der Waals surface area (Å²) in [5.41, 5.74) is 0.623. The van der Waals surface area contributed by atoms with Crippen molar-refractivity contribution < 1.29 is 18.8 Å². The number of nitrogens with zero attached hydrogens (tertiary/aromatic N) is 2. The van der Waals surface area contributed by atoms with E-state index < -0.39 is 23.7 Å². The molecule has 0 radical (unpaired) electrons. The molecule has 0 aliphatic carbocycles. The van der Waals surface area contributed by atoms with Gasteiger partial charge in [-0.3, -0.25) is 19.7 Å². The van der Waals surface area contributed by atoms with Crippen LogP contribution in [0, 0.1) is 17.1 Å². The number of piperidine rings is 1. The molecule has 3 rings (SSSR count). The van der Waals surface area contributed by atoms with Crippen molar-refractivity contribution in [3.63, 3.8) is 0 Å². The van der Waals surface area contributed by atoms with E-state index in [2.05, 4.69) is 5.32 Å². The molecule has 1 atom stereocenters. The Morgan fingerprint density at radius 2 is 2.10 bits per heavy atom. The molecule has 21 heavy (non-hydrogen) atoms. The van der Waals surface area contributed by atoms with Gasteiger partial charge in [0, 0.05) is 24.1 Å². The minimum Gasteiger partial charge on any atom is -0.322 e. The number of halogens is 1. The summed E-state index contributed by atoms with van der Waals surface area (Å²) in [5, 5.41) is 11.2. The van der Waals surface area contributed by atoms with Gasteiger partial charge in [-0.05, 0) is 18.6 Å². The molecule has 1 unspecified atom stereocenters. The summed E-state index contributed by atoms with van der Waals surface area (Å²) < 4.78 is 13.4. The Balaban J connectivity index is 1.96. The number of rotatable bonds is 1. The third kappa shape index (κ3) is 2.05. The zero-order chi connectivity index (χ0) is 15.1. The molecule has 0 bridgehead atoms. The minimum absolute atomic E-state index is 0.0730. The van der Waals surface area contributed by atoms with E-state index >= 15 is 0 Å². The van der Waals surface area contributed by atoms with E-state index in [0.29, 0.717) is 5.56 Å². The number of carbonyl (C=O) groups excluding carboxylic acids is 3. The highest BCUT2D eigenvalue weighted by atomic mass is 19.1. The molecule has 1 aromatic carbocycles. The molecule has 1 saturated heterocycles. The van der Waals surface area contributed by atoms with Gasteiger partial charge in [-0.2, -0.15) is 5.26 Å². The zero-order valence-electron chi connectivity index (χ0n) is 10.9. The van der Waals surface area contributed by atoms with Crippen LogP contribution in [0.4, 0.5) is 4.39 Å². The Kier molecular flexibility index (Phi) is 2.94. The van der Waals surface area contributed by atoms with Crippen LogP contribution in [0.2, 0.25) is 0 Å². The van der Waals surface area contributed by atoms with Crippen molar-refractivity contribution in [1.29, 1.82) is 5.26 Å². The van der Waals surface area contributed by atoms with Gasteiger partial charge in [0.25, 0.3) is 5.91 Å². The summed E-state index contributed by atoms with van der Waals surface area (Å²) in [6, 6.07) is 3.23. The van der Waals surface area contributed by atoms with Crippen LogP contribution in [0.5, 0.6) is 0 Å². The Morgan fingerprint density at radius 1 is 1.33 bits per heavy atom. The fourth-order valence-corrected chi connectivity index (χ4v) is 2.73. The lowest BCUT2D eigenvalue weighted by Gasteiger charge is -2.29. The number of nitriles is 1. The maximum Gasteiger partial charge on any atom is 0.255 e. The van der Waals surface area contributed by atoms with Gasteiger partial charge in [0.15, 0.2) is 0 Å². The van der Waals surface area contributed by atoms with Crippen molar-refractivity contribution in [3.8, 4) is 6.07 Å². The van der Waals surface area contributed by atoms with Gasteiger partial charge in [0.2, 0.25) is 11.8 Å². The van der Waals surface area contributed by atoms with Crippen molar-refractivity contribution >= 4 is 17.7 Å². The zero-order valence-corrected chi connectivity index (χ0v) is 10.9. The highest BCUT2D eigenvalue weighted by Crippen LogP contribution is 2.30. The average molecular weight is 287 g/mol. The topological polar surface area (TPSA) is 90.3 Å². The monoisotopic (exact) mass is 287 g/mol. The number of imide groups is 1. The quantitative estimate of drug-likeness (QED) is 0.760. The van der Waals surface area contributed by atoms with Crippen LogP contribution in [0.1, 0.15) is 34.3 Å². The second-order valence-electron chi connectivity index (χ2n) is 4.99. The first-order valence-electron chi connectivity index (χ1n) is 6.38. The molecule has 0 aromatic heterocycles. The molecule has 3 amide bonds. The largest absolute Gasteiger partial charge is 0.322 e. The normalized spacial score (nSPS) is 21.0. The van der Waals surface area contributed by atoms with Crippen LogP contribution in [0.3, 0.4) is 0 Å². The molecule has 2 heterocycles. The maximum absolute atomic E-state index is 13.4. The van der Waals surface area contributed by atoms with Gasteiger partial charge in [0.1, 0.15) is 11.9 Å². The Bertz CT molecular complexity index is 723. The Morgan fingerprint density at radius 3 is 2.76 bits per heavy atom. The first kappa shape index (κ1) is 13.2. The number of carbonyl (C=O) groups is 3. The molecule has 0 spiro atoms. The predicted octanol–water partition coefficient (Wildman–Crippen LogP) is 0.458. The highest BCUT2D eigenvalue weighted by Gasteiger charge is 2.40. The lowest BCUT2D eigenvalue weighted by atomic mass is 10.0. The van der Waals surface area contributed by atoms with Crippen LogP contribution in [-0.4, -0.2) is 28.7 Å². The van der Waals surface area contributed by atoms with Crippen LogP contribution in [-0.2, 0) is 16.1 Å². The van der Waals surface area contributed by atoms with Crippen LogP contribution in [0.25, 0.3) is 0 Å². The second kappa shape index (κ2) is 4.66. The summed E-state index contributed by atoms with van der Waals surface area (Å²) in [7, 11) is 0. The average Bonchev–Trinajstić information content (AvgIpc) is 2.76. The number of nitrogens with one attached hydrogen (secondary N) is 1. The fraction of sp³-hybridized carbons (Fsp3) is 0.286. The standard InChI is InChI=1S/C14H10FN3O3/c15-8-3-7(5-16)10-6-18(14(21)9(10)4-8)11-1-2-12(19)17-13(11)20/h3-4,11H,1-2,6H2,(H,17,19,20). The summed E-state index contributed by atoms with van der Waals surface area (Å²) in [5.74, 6) is -2.06. The van der Waals surface area contributed by atoms with Crippen LogP contribution >= 0.6 is 0 Å². The maximum atomic E-state index is 13.4. The van der Waals surface area contributed by atoms with E-state index in [0.717, 1.165) is 12.1 Å². The van der Waals surface area contributed by atoms with E-state index in [1.807, 2.05) is 6.07 Å². The summed E-state index contributed by atoms with van der Waals surface area (Å²) >= 11 is 0. The predicted molar refractivity (Wildman–Crippen MR) is 67.2 cm³/mol. The third-order valence-corrected chi connectivity index (χ3v) is 3.74. The van der Waals surface area contributed by atoms with E-state index in [1.54, 1.807) is 0 Å². The number of hydrogen-bond donors (Lipinski definition) is 1. The molecule has 6 nitrogen and oxygen atoms in total. The van der Waals surface area contributed by atoms with Gasteiger partial charge in [-0.25, -0.2) is 4.39 Å². The third-order valence-electron chi connectivity index (χ3n) is 3.74. The molecule has 7 heteroatoms. The van der Waals surface area contributed by atoms with Crippen molar-refractivity contribution in [1.82, 2.24) is 10.2 Å². The number of hydrogen-bond acceptors (Lipinski definition) is 4. The number of fused-ring (bicyclic) bond motifs is 1. The van der Waals surface area contributed by atoms with E-state index in [-0.39, 0.29) is 36.4 Å². The van der Waals surface area contributed by atoms with E-state index in [9.17, 15) is 18.8 Å². The molecule has 2 aliphatic rings. The molecular weight excluding hydrogens is 277 g/mol. The molecule has 1 aromatic rings. The van der Waals surface area contributed by atoms with Crippen molar-refractivity contribution in [3.05, 3.63) is 34.6 Å². The van der Waals surface area contributed by atoms with Crippen molar-refractivity contribution in [2.24, 2.45) is 0 Å². The lowest BCUT2D eigenvalue weighted by Crippen LogP contribution is -2.52.